The van der Waals surface area contributed by atoms with Gasteiger partial charge < -0.3 is 10.2 Å². The van der Waals surface area contributed by atoms with Crippen LogP contribution in [0.3, 0.4) is 0 Å². The number of nitrogens with one attached hydrogen (secondary N) is 1. The molecule has 0 bridgehead atoms. The molecule has 1 atom stereocenters. The van der Waals surface area contributed by atoms with E-state index in [1.807, 2.05) is 4.90 Å². The van der Waals surface area contributed by atoms with Crippen LogP contribution >= 0.6 is 0 Å². The summed E-state index contributed by atoms with van der Waals surface area (Å²) in [6, 6.07) is 0. The Kier molecular flexibility index (Phi) is 3.82. The summed E-state index contributed by atoms with van der Waals surface area (Å²) in [4.78, 5) is 24.8. The van der Waals surface area contributed by atoms with Crippen molar-refractivity contribution in [3.05, 3.63) is 0 Å². The van der Waals surface area contributed by atoms with Gasteiger partial charge in [-0.1, -0.05) is 0 Å². The number of ketones is 1. The first-order valence-electron chi connectivity index (χ1n) is 6.59. The minimum atomic E-state index is -0.0311. The molecule has 0 radical (unpaired) electrons. The Balaban J connectivity index is 1.96. The molecule has 2 heterocycles. The van der Waals surface area contributed by atoms with Gasteiger partial charge in [-0.3, -0.25) is 9.59 Å². The van der Waals surface area contributed by atoms with Crippen molar-refractivity contribution in [2.45, 2.75) is 39.0 Å². The zero-order chi connectivity index (χ0) is 12.3. The molecule has 2 aliphatic rings. The average molecular weight is 238 g/mol. The van der Waals surface area contributed by atoms with Gasteiger partial charge in [0.05, 0.1) is 6.42 Å². The normalized spacial score (nSPS) is 29.4. The SMILES string of the molecule is CC(=O)CC(=O)N1CCCC2(CCCNC2)C1. The van der Waals surface area contributed by atoms with Crippen LogP contribution in [0.1, 0.15) is 39.0 Å². The number of hydrogen-bond donors (Lipinski definition) is 1. The highest BCUT2D eigenvalue weighted by atomic mass is 16.2. The quantitative estimate of drug-likeness (QED) is 0.729. The Morgan fingerprint density at radius 1 is 1.29 bits per heavy atom. The van der Waals surface area contributed by atoms with E-state index in [0.29, 0.717) is 0 Å². The lowest BCUT2D eigenvalue weighted by Crippen LogP contribution is -2.52. The summed E-state index contributed by atoms with van der Waals surface area (Å²) in [7, 11) is 0. The van der Waals surface area contributed by atoms with Gasteiger partial charge in [-0.2, -0.15) is 0 Å². The monoisotopic (exact) mass is 238 g/mol. The van der Waals surface area contributed by atoms with Crippen LogP contribution in [-0.2, 0) is 9.59 Å². The van der Waals surface area contributed by atoms with Crippen LogP contribution in [0.5, 0.6) is 0 Å². The van der Waals surface area contributed by atoms with Crippen LogP contribution in [-0.4, -0.2) is 42.8 Å². The van der Waals surface area contributed by atoms with Crippen molar-refractivity contribution in [1.82, 2.24) is 10.2 Å². The zero-order valence-corrected chi connectivity index (χ0v) is 10.6. The van der Waals surface area contributed by atoms with Crippen LogP contribution in [0.4, 0.5) is 0 Å². The average Bonchev–Trinajstić information content (AvgIpc) is 2.29. The van der Waals surface area contributed by atoms with Crippen LogP contribution in [0.2, 0.25) is 0 Å². The predicted octanol–water partition coefficient (Wildman–Crippen LogP) is 0.958. The summed E-state index contributed by atoms with van der Waals surface area (Å²) in [6.45, 7) is 5.28. The third kappa shape index (κ3) is 3.06. The molecule has 1 N–H and O–H groups in total. The van der Waals surface area contributed by atoms with Crippen LogP contribution in [0.15, 0.2) is 0 Å². The van der Waals surface area contributed by atoms with Crippen molar-refractivity contribution in [3.63, 3.8) is 0 Å². The standard InChI is InChI=1S/C13H22N2O2/c1-11(16)8-12(17)15-7-3-5-13(10-15)4-2-6-14-9-13/h14H,2-10H2,1H3. The van der Waals surface area contributed by atoms with Crippen LogP contribution in [0.25, 0.3) is 0 Å². The first-order chi connectivity index (χ1) is 8.11. The first kappa shape index (κ1) is 12.6. The second-order valence-electron chi connectivity index (χ2n) is 5.58. The summed E-state index contributed by atoms with van der Waals surface area (Å²) in [5.41, 5.74) is 0.281. The van der Waals surface area contributed by atoms with E-state index >= 15 is 0 Å². The van der Waals surface area contributed by atoms with E-state index in [1.165, 1.54) is 26.2 Å². The Morgan fingerprint density at radius 2 is 2.06 bits per heavy atom. The fourth-order valence-corrected chi connectivity index (χ4v) is 3.12. The third-order valence-electron chi connectivity index (χ3n) is 3.97. The van der Waals surface area contributed by atoms with Crippen molar-refractivity contribution < 1.29 is 9.59 Å². The first-order valence-corrected chi connectivity index (χ1v) is 6.59. The lowest BCUT2D eigenvalue weighted by molar-refractivity contribution is -0.138. The molecule has 0 aromatic rings. The maximum absolute atomic E-state index is 11.9. The zero-order valence-electron chi connectivity index (χ0n) is 10.6. The highest BCUT2D eigenvalue weighted by Crippen LogP contribution is 2.35. The lowest BCUT2D eigenvalue weighted by atomic mass is 9.74. The molecule has 1 unspecified atom stereocenters. The highest BCUT2D eigenvalue weighted by molar-refractivity contribution is 5.96. The fraction of sp³-hybridized carbons (Fsp3) is 0.846. The number of likely N-dealkylation sites (tertiary alicyclic amines) is 1. The van der Waals surface area contributed by atoms with Gasteiger partial charge in [0.1, 0.15) is 5.78 Å². The molecule has 2 saturated heterocycles. The van der Waals surface area contributed by atoms with Gasteiger partial charge >= 0.3 is 0 Å². The number of amides is 1. The second kappa shape index (κ2) is 5.17. The van der Waals surface area contributed by atoms with E-state index in [0.717, 1.165) is 32.6 Å². The molecule has 4 nitrogen and oxygen atoms in total. The minimum absolute atomic E-state index is 0.0159. The number of Topliss-reactive ketones (excluding diaryl/α,β-unsaturated/α-hetero) is 1. The number of carbonyl (C=O) groups excluding carboxylic acids is 2. The largest absolute Gasteiger partial charge is 0.342 e. The van der Waals surface area contributed by atoms with Crippen molar-refractivity contribution in [2.75, 3.05) is 26.2 Å². The van der Waals surface area contributed by atoms with Crippen LogP contribution in [0, 0.1) is 5.41 Å². The van der Waals surface area contributed by atoms with Gasteiger partial charge in [0, 0.05) is 25.0 Å². The molecule has 0 aliphatic carbocycles. The van der Waals surface area contributed by atoms with E-state index in [9.17, 15) is 9.59 Å². The second-order valence-corrected chi connectivity index (χ2v) is 5.58. The van der Waals surface area contributed by atoms with E-state index in [-0.39, 0.29) is 23.5 Å². The number of carbonyl (C=O) groups is 2. The summed E-state index contributed by atoms with van der Waals surface area (Å²) in [5.74, 6) is -0.0152. The number of nitrogens with zero attached hydrogens (tertiary/aromatic N) is 1. The number of hydrogen-bond acceptors (Lipinski definition) is 3. The molecule has 1 spiro atoms. The molecular weight excluding hydrogens is 216 g/mol. The topological polar surface area (TPSA) is 49.4 Å². The number of rotatable bonds is 2. The molecule has 2 fully saturated rings. The maximum atomic E-state index is 11.9. The molecule has 0 aromatic carbocycles. The van der Waals surface area contributed by atoms with E-state index in [4.69, 9.17) is 0 Å². The molecule has 2 aliphatic heterocycles. The van der Waals surface area contributed by atoms with Gasteiger partial charge in [0.2, 0.25) is 5.91 Å². The fourth-order valence-electron chi connectivity index (χ4n) is 3.12. The van der Waals surface area contributed by atoms with Crippen molar-refractivity contribution in [3.8, 4) is 0 Å². The molecule has 17 heavy (non-hydrogen) atoms. The highest BCUT2D eigenvalue weighted by Gasteiger charge is 2.37. The van der Waals surface area contributed by atoms with Crippen molar-refractivity contribution in [2.24, 2.45) is 5.41 Å². The predicted molar refractivity (Wildman–Crippen MR) is 65.6 cm³/mol. The van der Waals surface area contributed by atoms with E-state index in [2.05, 4.69) is 5.32 Å². The van der Waals surface area contributed by atoms with Crippen molar-refractivity contribution >= 4 is 11.7 Å². The molecule has 2 rings (SSSR count). The van der Waals surface area contributed by atoms with Crippen LogP contribution < -0.4 is 5.32 Å². The smallest absolute Gasteiger partial charge is 0.230 e. The van der Waals surface area contributed by atoms with E-state index < -0.39 is 0 Å². The molecule has 0 saturated carbocycles. The molecule has 4 heteroatoms. The summed E-state index contributed by atoms with van der Waals surface area (Å²) in [6.07, 6.45) is 4.78. The Bertz CT molecular complexity index is 303. The maximum Gasteiger partial charge on any atom is 0.230 e. The summed E-state index contributed by atoms with van der Waals surface area (Å²) >= 11 is 0. The van der Waals surface area contributed by atoms with Crippen molar-refractivity contribution in [1.29, 1.82) is 0 Å². The molecule has 1 amide bonds. The van der Waals surface area contributed by atoms with Gasteiger partial charge in [-0.15, -0.1) is 0 Å². The number of piperidine rings is 2. The third-order valence-corrected chi connectivity index (χ3v) is 3.97. The van der Waals surface area contributed by atoms with Gasteiger partial charge in [0.25, 0.3) is 0 Å². The lowest BCUT2D eigenvalue weighted by Gasteiger charge is -2.45. The Morgan fingerprint density at radius 3 is 2.71 bits per heavy atom. The molecule has 96 valence electrons. The van der Waals surface area contributed by atoms with Gasteiger partial charge in [-0.05, 0) is 39.2 Å². The Labute approximate surface area is 103 Å². The van der Waals surface area contributed by atoms with Gasteiger partial charge in [-0.25, -0.2) is 0 Å². The van der Waals surface area contributed by atoms with E-state index in [1.54, 1.807) is 0 Å². The van der Waals surface area contributed by atoms with Gasteiger partial charge in [0.15, 0.2) is 0 Å². The minimum Gasteiger partial charge on any atom is -0.342 e. The Hall–Kier alpha value is -0.900. The summed E-state index contributed by atoms with van der Waals surface area (Å²) < 4.78 is 0. The molecule has 0 aromatic heterocycles. The summed E-state index contributed by atoms with van der Waals surface area (Å²) in [5, 5.41) is 3.44. The molecular formula is C13H22N2O2.